The van der Waals surface area contributed by atoms with E-state index < -0.39 is 11.8 Å². The van der Waals surface area contributed by atoms with E-state index in [1.54, 1.807) is 0 Å². The highest BCUT2D eigenvalue weighted by atomic mass is 32.2. The minimum atomic E-state index is -0.428. The second-order valence-electron chi connectivity index (χ2n) is 4.16. The van der Waals surface area contributed by atoms with Gasteiger partial charge in [-0.1, -0.05) is 13.8 Å². The van der Waals surface area contributed by atoms with Gasteiger partial charge in [0.05, 0.1) is 25.9 Å². The molecule has 24 heavy (non-hydrogen) atoms. The van der Waals surface area contributed by atoms with Gasteiger partial charge in [-0.3, -0.25) is 28.9 Å². The molecule has 1 unspecified atom stereocenters. The van der Waals surface area contributed by atoms with Crippen LogP contribution in [-0.4, -0.2) is 64.7 Å². The first-order chi connectivity index (χ1) is 11.4. The second-order valence-corrected chi connectivity index (χ2v) is 6.27. The van der Waals surface area contributed by atoms with Crippen molar-refractivity contribution in [2.75, 3.05) is 25.7 Å². The van der Waals surface area contributed by atoms with E-state index in [0.29, 0.717) is 5.06 Å². The van der Waals surface area contributed by atoms with E-state index >= 15 is 0 Å². The van der Waals surface area contributed by atoms with Crippen molar-refractivity contribution in [2.45, 2.75) is 25.5 Å². The first-order valence-electron chi connectivity index (χ1n) is 7.11. The van der Waals surface area contributed by atoms with Crippen molar-refractivity contribution in [1.29, 1.82) is 0 Å². The lowest BCUT2D eigenvalue weighted by Gasteiger charge is -2.09. The maximum absolute atomic E-state index is 11.3. The van der Waals surface area contributed by atoms with E-state index in [9.17, 15) is 19.2 Å². The van der Waals surface area contributed by atoms with Gasteiger partial charge in [0, 0.05) is 12.2 Å². The third-order valence-corrected chi connectivity index (χ3v) is 3.67. The highest BCUT2D eigenvalue weighted by molar-refractivity contribution is 8.00. The van der Waals surface area contributed by atoms with Gasteiger partial charge >= 0.3 is 0 Å². The molecule has 2 rings (SSSR count). The Balaban J connectivity index is 0.000000390. The molecule has 4 amide bonds. The molecule has 0 N–H and O–H groups in total. The summed E-state index contributed by atoms with van der Waals surface area (Å²) in [5, 5.41) is 1.29. The van der Waals surface area contributed by atoms with Gasteiger partial charge in [0.2, 0.25) is 0 Å². The molecule has 136 valence electrons. The molecule has 0 bridgehead atoms. The van der Waals surface area contributed by atoms with Gasteiger partial charge in [0.25, 0.3) is 23.6 Å². The van der Waals surface area contributed by atoms with E-state index in [0.717, 1.165) is 28.7 Å². The van der Waals surface area contributed by atoms with Gasteiger partial charge in [0.1, 0.15) is 0 Å². The van der Waals surface area contributed by atoms with Crippen molar-refractivity contribution in [3.8, 4) is 0 Å². The molecular weight excluding hydrogens is 356 g/mol. The van der Waals surface area contributed by atoms with E-state index in [4.69, 9.17) is 0 Å². The first-order valence-corrected chi connectivity index (χ1v) is 8.79. The fraction of sp³-hybridized carbons (Fsp3) is 0.571. The average molecular weight is 378 g/mol. The van der Waals surface area contributed by atoms with Crippen LogP contribution < -0.4 is 0 Å². The average Bonchev–Trinajstić information content (AvgIpc) is 3.00. The third kappa shape index (κ3) is 6.63. The Morgan fingerprint density at radius 2 is 1.54 bits per heavy atom. The molecule has 0 aromatic carbocycles. The Kier molecular flexibility index (Phi) is 11.4. The number of nitrogens with zero attached hydrogens (tertiary/aromatic N) is 2. The Labute approximate surface area is 150 Å². The molecule has 8 nitrogen and oxygen atoms in total. The molecule has 0 saturated carbocycles. The minimum Gasteiger partial charge on any atom is -0.272 e. The van der Waals surface area contributed by atoms with Crippen molar-refractivity contribution < 1.29 is 28.9 Å². The maximum Gasteiger partial charge on any atom is 0.277 e. The van der Waals surface area contributed by atoms with Crippen LogP contribution >= 0.6 is 24.4 Å². The number of hydrogen-bond acceptors (Lipinski definition) is 8. The Bertz CT molecular complexity index is 480. The van der Waals surface area contributed by atoms with Crippen molar-refractivity contribution in [3.63, 3.8) is 0 Å². The van der Waals surface area contributed by atoms with E-state index in [2.05, 4.69) is 22.3 Å². The van der Waals surface area contributed by atoms with E-state index in [1.165, 1.54) is 26.0 Å². The lowest BCUT2D eigenvalue weighted by molar-refractivity contribution is -0.179. The number of rotatable bonds is 4. The standard InChI is InChI=1S/C7H11NO3S.C5H5NO3.C2H6S/c1-3-12-5-4-6(9)8(11-2)7(5)10;1-9-6-4(7)2-3-5(6)8;1-2-3/h5H,3-4H2,1-2H3;2-3H,1H3;3H,2H2,1H3. The number of hydroxylamine groups is 4. The zero-order valence-corrected chi connectivity index (χ0v) is 15.8. The van der Waals surface area contributed by atoms with Crippen LogP contribution in [0.25, 0.3) is 0 Å². The lowest BCUT2D eigenvalue weighted by Crippen LogP contribution is -2.30. The third-order valence-electron chi connectivity index (χ3n) is 2.56. The van der Waals surface area contributed by atoms with Crippen LogP contribution in [0.5, 0.6) is 0 Å². The molecular formula is C14H22N2O6S2. The normalized spacial score (nSPS) is 19.3. The fourth-order valence-corrected chi connectivity index (χ4v) is 2.57. The molecule has 2 aliphatic rings. The SMILES string of the molecule is CCS.CCSC1CC(=O)N(OC)C1=O.CON1C(=O)C=CC1=O. The fourth-order valence-electron chi connectivity index (χ4n) is 1.67. The zero-order chi connectivity index (χ0) is 18.7. The molecule has 0 radical (unpaired) electrons. The van der Waals surface area contributed by atoms with Gasteiger partial charge < -0.3 is 0 Å². The summed E-state index contributed by atoms with van der Waals surface area (Å²) in [5.74, 6) is 0.453. The first kappa shape index (κ1) is 22.6. The summed E-state index contributed by atoms with van der Waals surface area (Å²) >= 11 is 5.27. The van der Waals surface area contributed by atoms with Crippen molar-refractivity contribution in [3.05, 3.63) is 12.2 Å². The van der Waals surface area contributed by atoms with Gasteiger partial charge in [0.15, 0.2) is 0 Å². The summed E-state index contributed by atoms with van der Waals surface area (Å²) in [6, 6.07) is 0. The minimum absolute atomic E-state index is 0.227. The molecule has 0 aromatic rings. The molecule has 1 saturated heterocycles. The Morgan fingerprint density at radius 1 is 1.08 bits per heavy atom. The molecule has 2 aliphatic heterocycles. The molecule has 0 aliphatic carbocycles. The van der Waals surface area contributed by atoms with E-state index in [-0.39, 0.29) is 23.5 Å². The van der Waals surface area contributed by atoms with Crippen LogP contribution in [0.3, 0.4) is 0 Å². The number of thioether (sulfide) groups is 1. The summed E-state index contributed by atoms with van der Waals surface area (Å²) in [6.45, 7) is 3.95. The largest absolute Gasteiger partial charge is 0.277 e. The number of thiol groups is 1. The molecule has 0 spiro atoms. The van der Waals surface area contributed by atoms with Crippen LogP contribution in [0.2, 0.25) is 0 Å². The van der Waals surface area contributed by atoms with Crippen molar-refractivity contribution in [1.82, 2.24) is 10.1 Å². The van der Waals surface area contributed by atoms with Crippen LogP contribution in [0.15, 0.2) is 12.2 Å². The van der Waals surface area contributed by atoms with Gasteiger partial charge in [-0.2, -0.15) is 17.7 Å². The van der Waals surface area contributed by atoms with Crippen molar-refractivity contribution in [2.24, 2.45) is 0 Å². The second kappa shape index (κ2) is 12.1. The van der Waals surface area contributed by atoms with E-state index in [1.807, 2.05) is 13.8 Å². The van der Waals surface area contributed by atoms with Crippen LogP contribution in [0, 0.1) is 0 Å². The smallest absolute Gasteiger partial charge is 0.272 e. The summed E-state index contributed by atoms with van der Waals surface area (Å²) < 4.78 is 0. The van der Waals surface area contributed by atoms with Crippen LogP contribution in [0.4, 0.5) is 0 Å². The number of imide groups is 2. The van der Waals surface area contributed by atoms with Crippen LogP contribution in [0.1, 0.15) is 20.3 Å². The highest BCUT2D eigenvalue weighted by Crippen LogP contribution is 2.24. The van der Waals surface area contributed by atoms with Crippen LogP contribution in [-0.2, 0) is 28.9 Å². The molecule has 1 fully saturated rings. The van der Waals surface area contributed by atoms with Gasteiger partial charge in [-0.15, -0.1) is 16.8 Å². The predicted molar refractivity (Wildman–Crippen MR) is 92.9 cm³/mol. The summed E-state index contributed by atoms with van der Waals surface area (Å²) in [4.78, 5) is 52.4. The Morgan fingerprint density at radius 3 is 1.83 bits per heavy atom. The van der Waals surface area contributed by atoms with Crippen molar-refractivity contribution >= 4 is 48.0 Å². The summed E-state index contributed by atoms with van der Waals surface area (Å²) in [5.41, 5.74) is 0. The quantitative estimate of drug-likeness (QED) is 0.572. The maximum atomic E-state index is 11.3. The predicted octanol–water partition coefficient (Wildman–Crippen LogP) is 0.837. The number of carbonyl (C=O) groups is 4. The summed E-state index contributed by atoms with van der Waals surface area (Å²) in [7, 11) is 2.59. The zero-order valence-electron chi connectivity index (χ0n) is 14.1. The molecule has 2 heterocycles. The number of hydrogen-bond donors (Lipinski definition) is 1. The molecule has 10 heteroatoms. The Hall–Kier alpha value is -1.36. The molecule has 1 atom stereocenters. The number of amides is 4. The highest BCUT2D eigenvalue weighted by Gasteiger charge is 2.39. The topological polar surface area (TPSA) is 93.2 Å². The summed E-state index contributed by atoms with van der Waals surface area (Å²) in [6.07, 6.45) is 2.59. The number of carbonyl (C=O) groups excluding carboxylic acids is 4. The van der Waals surface area contributed by atoms with Gasteiger partial charge in [-0.05, 0) is 11.5 Å². The molecule has 0 aromatic heterocycles. The monoisotopic (exact) mass is 378 g/mol. The van der Waals surface area contributed by atoms with Gasteiger partial charge in [-0.25, -0.2) is 0 Å². The lowest BCUT2D eigenvalue weighted by atomic mass is 10.4.